The van der Waals surface area contributed by atoms with Crippen molar-refractivity contribution in [3.63, 3.8) is 0 Å². The van der Waals surface area contributed by atoms with E-state index in [2.05, 4.69) is 11.2 Å². The molecule has 2 N–H and O–H groups in total. The highest BCUT2D eigenvalue weighted by atomic mass is 32.2. The molecular weight excluding hydrogens is 180 g/mol. The Hall–Kier alpha value is 0.270. The second-order valence-electron chi connectivity index (χ2n) is 3.90. The number of nitrogens with zero attached hydrogens (tertiary/aromatic N) is 1. The average Bonchev–Trinajstić information content (AvgIpc) is 2.16. The fraction of sp³-hybridized carbons (Fsp3) is 1.00. The van der Waals surface area contributed by atoms with Crippen LogP contribution in [-0.2, 0) is 0 Å². The summed E-state index contributed by atoms with van der Waals surface area (Å²) in [6.07, 6.45) is 7.46. The Morgan fingerprint density at radius 3 is 2.62 bits per heavy atom. The Morgan fingerprint density at radius 1 is 1.31 bits per heavy atom. The highest BCUT2D eigenvalue weighted by Gasteiger charge is 2.12. The van der Waals surface area contributed by atoms with Crippen LogP contribution in [0.15, 0.2) is 0 Å². The molecule has 1 fully saturated rings. The first-order chi connectivity index (χ1) is 6.33. The van der Waals surface area contributed by atoms with Crippen LogP contribution in [0, 0.1) is 0 Å². The van der Waals surface area contributed by atoms with E-state index < -0.39 is 0 Å². The largest absolute Gasteiger partial charge is 0.327 e. The number of hydrogen-bond donors (Lipinski definition) is 1. The molecule has 1 unspecified atom stereocenters. The van der Waals surface area contributed by atoms with Gasteiger partial charge in [-0.1, -0.05) is 6.42 Å². The van der Waals surface area contributed by atoms with Crippen LogP contribution >= 0.6 is 11.8 Å². The van der Waals surface area contributed by atoms with Crippen molar-refractivity contribution in [3.8, 4) is 0 Å². The first kappa shape index (κ1) is 11.3. The summed E-state index contributed by atoms with van der Waals surface area (Å²) >= 11 is 1.89. The molecule has 13 heavy (non-hydrogen) atoms. The van der Waals surface area contributed by atoms with E-state index in [9.17, 15) is 0 Å². The predicted molar refractivity (Wildman–Crippen MR) is 61.3 cm³/mol. The van der Waals surface area contributed by atoms with Gasteiger partial charge in [-0.25, -0.2) is 0 Å². The Kier molecular flexibility index (Phi) is 5.83. The topological polar surface area (TPSA) is 29.3 Å². The second kappa shape index (κ2) is 6.68. The minimum absolute atomic E-state index is 0.394. The monoisotopic (exact) mass is 202 g/mol. The second-order valence-corrected chi connectivity index (χ2v) is 4.89. The molecule has 0 aliphatic carbocycles. The minimum Gasteiger partial charge on any atom is -0.327 e. The zero-order valence-corrected chi connectivity index (χ0v) is 9.48. The van der Waals surface area contributed by atoms with Gasteiger partial charge in [0.2, 0.25) is 0 Å². The van der Waals surface area contributed by atoms with Crippen LogP contribution in [0.5, 0.6) is 0 Å². The number of thioether (sulfide) groups is 1. The molecule has 3 heteroatoms. The van der Waals surface area contributed by atoms with Crippen LogP contribution < -0.4 is 5.73 Å². The van der Waals surface area contributed by atoms with Crippen LogP contribution in [-0.4, -0.2) is 42.6 Å². The summed E-state index contributed by atoms with van der Waals surface area (Å²) in [5.74, 6) is 1.20. The Morgan fingerprint density at radius 2 is 2.00 bits per heavy atom. The van der Waals surface area contributed by atoms with Gasteiger partial charge in [0, 0.05) is 12.6 Å². The molecule has 1 aliphatic heterocycles. The summed E-state index contributed by atoms with van der Waals surface area (Å²) in [5, 5.41) is 0. The summed E-state index contributed by atoms with van der Waals surface area (Å²) in [6, 6.07) is 0.394. The third-order valence-electron chi connectivity index (χ3n) is 2.63. The highest BCUT2D eigenvalue weighted by molar-refractivity contribution is 7.98. The first-order valence-corrected chi connectivity index (χ1v) is 6.69. The maximum atomic E-state index is 6.04. The highest BCUT2D eigenvalue weighted by Crippen LogP contribution is 2.09. The molecule has 1 atom stereocenters. The number of hydrogen-bond acceptors (Lipinski definition) is 3. The Labute approximate surface area is 86.2 Å². The van der Waals surface area contributed by atoms with Crippen molar-refractivity contribution in [1.29, 1.82) is 0 Å². The van der Waals surface area contributed by atoms with Crippen molar-refractivity contribution in [2.45, 2.75) is 31.7 Å². The van der Waals surface area contributed by atoms with Gasteiger partial charge in [0.05, 0.1) is 0 Å². The Balaban J connectivity index is 2.07. The van der Waals surface area contributed by atoms with E-state index in [-0.39, 0.29) is 0 Å². The predicted octanol–water partition coefficient (Wildman–Crippen LogP) is 1.55. The molecule has 1 heterocycles. The van der Waals surface area contributed by atoms with Gasteiger partial charge in [-0.2, -0.15) is 11.8 Å². The molecule has 0 saturated carbocycles. The number of nitrogens with two attached hydrogens (primary N) is 1. The van der Waals surface area contributed by atoms with Crippen LogP contribution in [0.4, 0.5) is 0 Å². The molecule has 0 aromatic carbocycles. The van der Waals surface area contributed by atoms with E-state index in [0.29, 0.717) is 6.04 Å². The fourth-order valence-corrected chi connectivity index (χ4v) is 2.37. The fourth-order valence-electron chi connectivity index (χ4n) is 1.83. The summed E-state index contributed by atoms with van der Waals surface area (Å²) in [4.78, 5) is 2.52. The van der Waals surface area contributed by atoms with Gasteiger partial charge in [0.1, 0.15) is 0 Å². The standard InChI is InChI=1S/C10H22N2S/c1-13-8-5-10(11)9-12-6-3-2-4-7-12/h10H,2-9,11H2,1H3. The zero-order chi connectivity index (χ0) is 9.52. The molecule has 1 saturated heterocycles. The molecule has 0 bridgehead atoms. The van der Waals surface area contributed by atoms with Gasteiger partial charge in [-0.15, -0.1) is 0 Å². The van der Waals surface area contributed by atoms with Crippen LogP contribution in [0.1, 0.15) is 25.7 Å². The maximum Gasteiger partial charge on any atom is 0.0175 e. The summed E-state index contributed by atoms with van der Waals surface area (Å²) < 4.78 is 0. The SMILES string of the molecule is CSCCC(N)CN1CCCCC1. The van der Waals surface area contributed by atoms with Gasteiger partial charge in [-0.3, -0.25) is 0 Å². The van der Waals surface area contributed by atoms with Crippen molar-refractivity contribution >= 4 is 11.8 Å². The molecule has 0 aromatic heterocycles. The summed E-state index contributed by atoms with van der Waals surface area (Å²) in [6.45, 7) is 3.65. The molecular formula is C10H22N2S. The normalized spacial score (nSPS) is 21.7. The van der Waals surface area contributed by atoms with E-state index in [4.69, 9.17) is 5.73 Å². The van der Waals surface area contributed by atoms with Gasteiger partial charge >= 0.3 is 0 Å². The van der Waals surface area contributed by atoms with Gasteiger partial charge in [0.15, 0.2) is 0 Å². The van der Waals surface area contributed by atoms with Crippen LogP contribution in [0.3, 0.4) is 0 Å². The number of rotatable bonds is 5. The molecule has 0 radical (unpaired) electrons. The molecule has 1 rings (SSSR count). The quantitative estimate of drug-likeness (QED) is 0.733. The third-order valence-corrected chi connectivity index (χ3v) is 3.28. The lowest BCUT2D eigenvalue weighted by Gasteiger charge is -2.28. The average molecular weight is 202 g/mol. The van der Waals surface area contributed by atoms with Gasteiger partial charge < -0.3 is 10.6 Å². The lowest BCUT2D eigenvalue weighted by molar-refractivity contribution is 0.215. The van der Waals surface area contributed by atoms with E-state index in [1.807, 2.05) is 11.8 Å². The molecule has 0 aromatic rings. The molecule has 0 spiro atoms. The van der Waals surface area contributed by atoms with E-state index >= 15 is 0 Å². The first-order valence-electron chi connectivity index (χ1n) is 5.30. The third kappa shape index (κ3) is 4.89. The lowest BCUT2D eigenvalue weighted by Crippen LogP contribution is -2.40. The lowest BCUT2D eigenvalue weighted by atomic mass is 10.1. The Bertz CT molecular complexity index is 124. The molecule has 0 amide bonds. The van der Waals surface area contributed by atoms with Crippen LogP contribution in [0.2, 0.25) is 0 Å². The zero-order valence-electron chi connectivity index (χ0n) is 8.67. The van der Waals surface area contributed by atoms with Crippen molar-refractivity contribution in [1.82, 2.24) is 4.90 Å². The van der Waals surface area contributed by atoms with Gasteiger partial charge in [-0.05, 0) is 44.4 Å². The molecule has 2 nitrogen and oxygen atoms in total. The van der Waals surface area contributed by atoms with Crippen molar-refractivity contribution in [2.75, 3.05) is 31.6 Å². The van der Waals surface area contributed by atoms with Crippen LogP contribution in [0.25, 0.3) is 0 Å². The summed E-state index contributed by atoms with van der Waals surface area (Å²) in [5.41, 5.74) is 6.04. The van der Waals surface area contributed by atoms with E-state index in [1.54, 1.807) is 0 Å². The van der Waals surface area contributed by atoms with E-state index in [1.165, 1.54) is 38.1 Å². The molecule has 78 valence electrons. The van der Waals surface area contributed by atoms with Gasteiger partial charge in [0.25, 0.3) is 0 Å². The number of likely N-dealkylation sites (tertiary alicyclic amines) is 1. The summed E-state index contributed by atoms with van der Waals surface area (Å²) in [7, 11) is 0. The number of piperidine rings is 1. The molecule has 1 aliphatic rings. The van der Waals surface area contributed by atoms with Crippen molar-refractivity contribution in [3.05, 3.63) is 0 Å². The smallest absolute Gasteiger partial charge is 0.0175 e. The van der Waals surface area contributed by atoms with Crippen molar-refractivity contribution < 1.29 is 0 Å². The van der Waals surface area contributed by atoms with E-state index in [0.717, 1.165) is 13.0 Å². The maximum absolute atomic E-state index is 6.04. The minimum atomic E-state index is 0.394. The van der Waals surface area contributed by atoms with Crippen molar-refractivity contribution in [2.24, 2.45) is 5.73 Å².